The average Bonchev–Trinajstić information content (AvgIpc) is 3.46. The molecule has 0 radical (unpaired) electrons. The molecule has 1 saturated carbocycles. The third-order valence-corrected chi connectivity index (χ3v) is 6.94. The fourth-order valence-electron chi connectivity index (χ4n) is 4.44. The van der Waals surface area contributed by atoms with Gasteiger partial charge in [-0.1, -0.05) is 6.07 Å². The molecule has 0 aliphatic heterocycles. The maximum Gasteiger partial charge on any atom is 0.416 e. The Labute approximate surface area is 233 Å². The molecule has 0 saturated heterocycles. The lowest BCUT2D eigenvalue weighted by Gasteiger charge is -2.19. The molecule has 42 heavy (non-hydrogen) atoms. The van der Waals surface area contributed by atoms with Crippen molar-refractivity contribution in [1.82, 2.24) is 19.7 Å². The summed E-state index contributed by atoms with van der Waals surface area (Å²) in [6.07, 6.45) is -9.59. The Balaban J connectivity index is 1.52. The summed E-state index contributed by atoms with van der Waals surface area (Å²) < 4.78 is 107. The largest absolute Gasteiger partial charge is 0.416 e. The van der Waals surface area contributed by atoms with E-state index >= 15 is 0 Å². The number of aromatic nitrogens is 4. The van der Waals surface area contributed by atoms with Gasteiger partial charge >= 0.3 is 22.7 Å². The van der Waals surface area contributed by atoms with Crippen LogP contribution in [0.4, 0.5) is 32.2 Å². The molecular formula is C23H22F6N6O6S. The minimum atomic E-state index is -5.09. The SMILES string of the molecule is NS(=O)(=O)OC[C@H]1C[C@@H](Nc2ncncc2C(=O)c2ccn(Cc3ccc(C(F)(F)F)cc3C(F)(F)F)n2)[C@H](O)[C@@H]1O. The van der Waals surface area contributed by atoms with Gasteiger partial charge < -0.3 is 15.5 Å². The first-order valence-corrected chi connectivity index (χ1v) is 13.4. The number of nitrogens with zero attached hydrogens (tertiary/aromatic N) is 4. The first-order chi connectivity index (χ1) is 19.4. The standard InChI is InChI=1S/C23H22F6N6O6S/c24-22(25,26)13-2-1-11(15(6-13)23(27,28)29)8-35-4-3-16(34-35)19(37)14-7-31-10-32-21(14)33-17-5-12(18(36)20(17)38)9-41-42(30,39)40/h1-4,6-7,10,12,17-18,20,36,38H,5,8-9H2,(H2,30,39,40)(H,31,32,33)/t12-,17-,18-,20+/m1/s1. The highest BCUT2D eigenvalue weighted by atomic mass is 32.2. The van der Waals surface area contributed by atoms with Crippen LogP contribution in [-0.2, 0) is 33.4 Å². The van der Waals surface area contributed by atoms with E-state index in [1.54, 1.807) is 0 Å². The van der Waals surface area contributed by atoms with Crippen molar-refractivity contribution < 1.29 is 54.0 Å². The number of aliphatic hydroxyl groups excluding tert-OH is 2. The Morgan fingerprint density at radius 3 is 2.48 bits per heavy atom. The molecule has 3 aromatic rings. The molecule has 0 amide bonds. The molecule has 0 bridgehead atoms. The number of benzene rings is 1. The molecular weight excluding hydrogens is 602 g/mol. The van der Waals surface area contributed by atoms with Crippen LogP contribution in [0, 0.1) is 5.92 Å². The number of alkyl halides is 6. The maximum absolute atomic E-state index is 13.5. The summed E-state index contributed by atoms with van der Waals surface area (Å²) in [5.74, 6) is -1.74. The minimum absolute atomic E-state index is 0.00414. The zero-order chi connectivity index (χ0) is 31.0. The number of nitrogens with two attached hydrogens (primary N) is 1. The molecule has 2 aromatic heterocycles. The molecule has 4 atom stereocenters. The fourth-order valence-corrected chi connectivity index (χ4v) is 4.80. The third kappa shape index (κ3) is 7.21. The molecule has 19 heteroatoms. The van der Waals surface area contributed by atoms with Crippen molar-refractivity contribution in [2.45, 2.75) is 43.6 Å². The predicted octanol–water partition coefficient (Wildman–Crippen LogP) is 1.73. The van der Waals surface area contributed by atoms with Crippen LogP contribution in [0.1, 0.15) is 39.2 Å². The van der Waals surface area contributed by atoms with Gasteiger partial charge in [-0.2, -0.15) is 39.9 Å². The smallest absolute Gasteiger partial charge is 0.390 e. The van der Waals surface area contributed by atoms with Crippen molar-refractivity contribution >= 4 is 21.9 Å². The second-order valence-electron chi connectivity index (χ2n) is 9.39. The Morgan fingerprint density at radius 2 is 1.83 bits per heavy atom. The Morgan fingerprint density at radius 1 is 1.12 bits per heavy atom. The predicted molar refractivity (Wildman–Crippen MR) is 130 cm³/mol. The Kier molecular flexibility index (Phi) is 8.61. The Hall–Kier alpha value is -3.65. The summed E-state index contributed by atoms with van der Waals surface area (Å²) in [6, 6.07) is 1.45. The molecule has 1 aliphatic rings. The van der Waals surface area contributed by atoms with E-state index in [0.717, 1.165) is 23.4 Å². The van der Waals surface area contributed by atoms with Crippen LogP contribution in [0.5, 0.6) is 0 Å². The van der Waals surface area contributed by atoms with Gasteiger partial charge in [0.1, 0.15) is 23.9 Å². The van der Waals surface area contributed by atoms with E-state index < -0.39 is 82.4 Å². The van der Waals surface area contributed by atoms with Crippen molar-refractivity contribution in [3.05, 3.63) is 70.9 Å². The van der Waals surface area contributed by atoms with Gasteiger partial charge in [0.2, 0.25) is 5.78 Å². The summed E-state index contributed by atoms with van der Waals surface area (Å²) in [7, 11) is -4.30. The van der Waals surface area contributed by atoms with E-state index in [0.29, 0.717) is 12.1 Å². The van der Waals surface area contributed by atoms with Crippen molar-refractivity contribution in [1.29, 1.82) is 0 Å². The van der Waals surface area contributed by atoms with Crippen molar-refractivity contribution in [2.75, 3.05) is 11.9 Å². The number of halogens is 6. The second kappa shape index (κ2) is 11.6. The molecule has 1 aromatic carbocycles. The molecule has 12 nitrogen and oxygen atoms in total. The molecule has 2 heterocycles. The van der Waals surface area contributed by atoms with E-state index in [2.05, 4.69) is 24.6 Å². The highest BCUT2D eigenvalue weighted by molar-refractivity contribution is 7.84. The van der Waals surface area contributed by atoms with Gasteiger partial charge in [0.25, 0.3) is 0 Å². The van der Waals surface area contributed by atoms with E-state index in [1.807, 2.05) is 0 Å². The number of aliphatic hydroxyl groups is 2. The summed E-state index contributed by atoms with van der Waals surface area (Å²) in [5.41, 5.74) is -3.92. The van der Waals surface area contributed by atoms with Crippen LogP contribution in [0.25, 0.3) is 0 Å². The zero-order valence-electron chi connectivity index (χ0n) is 21.0. The Bertz CT molecular complexity index is 1560. The first kappa shape index (κ1) is 31.3. The zero-order valence-corrected chi connectivity index (χ0v) is 21.9. The average molecular weight is 625 g/mol. The highest BCUT2D eigenvalue weighted by Gasteiger charge is 2.43. The normalized spacial score (nSPS) is 21.5. The quantitative estimate of drug-likeness (QED) is 0.202. The monoisotopic (exact) mass is 624 g/mol. The van der Waals surface area contributed by atoms with Crippen LogP contribution >= 0.6 is 0 Å². The lowest BCUT2D eigenvalue weighted by Crippen LogP contribution is -2.36. The summed E-state index contributed by atoms with van der Waals surface area (Å²) in [5, 5.41) is 32.2. The van der Waals surface area contributed by atoms with Gasteiger partial charge in [0, 0.05) is 18.3 Å². The van der Waals surface area contributed by atoms with Crippen LogP contribution in [0.15, 0.2) is 43.0 Å². The van der Waals surface area contributed by atoms with Gasteiger partial charge in [-0.15, -0.1) is 0 Å². The summed E-state index contributed by atoms with van der Waals surface area (Å²) in [4.78, 5) is 20.9. The van der Waals surface area contributed by atoms with E-state index in [-0.39, 0.29) is 29.6 Å². The van der Waals surface area contributed by atoms with Gasteiger partial charge in [-0.25, -0.2) is 15.1 Å². The number of rotatable bonds is 9. The number of carbonyl (C=O) groups excluding carboxylic acids is 1. The molecule has 5 N–H and O–H groups in total. The molecule has 4 rings (SSSR count). The van der Waals surface area contributed by atoms with E-state index in [1.165, 1.54) is 6.07 Å². The lowest BCUT2D eigenvalue weighted by molar-refractivity contribution is -0.143. The molecule has 1 aliphatic carbocycles. The first-order valence-electron chi connectivity index (χ1n) is 11.9. The molecule has 228 valence electrons. The van der Waals surface area contributed by atoms with E-state index in [9.17, 15) is 49.8 Å². The van der Waals surface area contributed by atoms with Gasteiger partial charge in [0.05, 0.1) is 42.0 Å². The van der Waals surface area contributed by atoms with Crippen LogP contribution in [-0.4, -0.2) is 69.0 Å². The molecule has 0 unspecified atom stereocenters. The number of nitrogens with one attached hydrogen (secondary N) is 1. The maximum atomic E-state index is 13.5. The summed E-state index contributed by atoms with van der Waals surface area (Å²) in [6.45, 7) is -1.12. The van der Waals surface area contributed by atoms with Crippen LogP contribution < -0.4 is 10.5 Å². The van der Waals surface area contributed by atoms with E-state index in [4.69, 9.17) is 5.14 Å². The number of anilines is 1. The highest BCUT2D eigenvalue weighted by Crippen LogP contribution is 2.37. The third-order valence-electron chi connectivity index (χ3n) is 6.48. The minimum Gasteiger partial charge on any atom is -0.390 e. The lowest BCUT2D eigenvalue weighted by atomic mass is 10.0. The number of hydrogen-bond acceptors (Lipinski definition) is 10. The van der Waals surface area contributed by atoms with Crippen molar-refractivity contribution in [3.63, 3.8) is 0 Å². The molecule has 1 fully saturated rings. The van der Waals surface area contributed by atoms with Crippen molar-refractivity contribution in [3.8, 4) is 0 Å². The van der Waals surface area contributed by atoms with Gasteiger partial charge in [-0.3, -0.25) is 13.7 Å². The summed E-state index contributed by atoms with van der Waals surface area (Å²) >= 11 is 0. The number of ketones is 1. The fraction of sp³-hybridized carbons (Fsp3) is 0.391. The molecule has 0 spiro atoms. The second-order valence-corrected chi connectivity index (χ2v) is 10.6. The van der Waals surface area contributed by atoms with Crippen LogP contribution in [0.3, 0.4) is 0 Å². The van der Waals surface area contributed by atoms with Gasteiger partial charge in [-0.05, 0) is 30.2 Å². The number of carbonyl (C=O) groups is 1. The van der Waals surface area contributed by atoms with Gasteiger partial charge in [0.15, 0.2) is 0 Å². The topological polar surface area (TPSA) is 183 Å². The van der Waals surface area contributed by atoms with Crippen LogP contribution in [0.2, 0.25) is 0 Å². The van der Waals surface area contributed by atoms with Crippen molar-refractivity contribution in [2.24, 2.45) is 11.1 Å². The number of hydrogen-bond donors (Lipinski definition) is 4.